The molecule has 1 aromatic heterocycles. The molecule has 7 heteroatoms. The highest BCUT2D eigenvalue weighted by Gasteiger charge is 2.12. The van der Waals surface area contributed by atoms with Gasteiger partial charge in [0.1, 0.15) is 0 Å². The quantitative estimate of drug-likeness (QED) is 0.740. The maximum absolute atomic E-state index is 11.8. The summed E-state index contributed by atoms with van der Waals surface area (Å²) in [7, 11) is 0. The van der Waals surface area contributed by atoms with Crippen molar-refractivity contribution in [3.05, 3.63) is 21.9 Å². The van der Waals surface area contributed by atoms with Gasteiger partial charge in [-0.05, 0) is 25.1 Å². The van der Waals surface area contributed by atoms with E-state index in [1.165, 1.54) is 0 Å². The normalized spacial score (nSPS) is 16.0. The Kier molecular flexibility index (Phi) is 5.51. The van der Waals surface area contributed by atoms with Crippen molar-refractivity contribution in [3.8, 4) is 0 Å². The summed E-state index contributed by atoms with van der Waals surface area (Å²) < 4.78 is 5.28. The van der Waals surface area contributed by atoms with Crippen molar-refractivity contribution in [2.75, 3.05) is 39.4 Å². The van der Waals surface area contributed by atoms with Gasteiger partial charge in [0, 0.05) is 19.6 Å². The third kappa shape index (κ3) is 4.29. The van der Waals surface area contributed by atoms with E-state index in [4.69, 9.17) is 10.5 Å². The van der Waals surface area contributed by atoms with E-state index < -0.39 is 5.91 Å². The molecule has 1 saturated heterocycles. The summed E-state index contributed by atoms with van der Waals surface area (Å²) in [6.45, 7) is 5.08. The number of hydrogen-bond donors (Lipinski definition) is 2. The standard InChI is InChI=1S/C13H19N3O3S/c14-12(17)10-2-3-11(20-10)13(18)15-4-1-5-16-6-8-19-9-7-16/h2-3H,1,4-9H2,(H2,14,17)(H,15,18). The Bertz CT molecular complexity index is 469. The highest BCUT2D eigenvalue weighted by molar-refractivity contribution is 7.15. The molecule has 0 atom stereocenters. The van der Waals surface area contributed by atoms with Gasteiger partial charge in [0.2, 0.25) is 0 Å². The lowest BCUT2D eigenvalue weighted by Gasteiger charge is -2.26. The monoisotopic (exact) mass is 297 g/mol. The maximum Gasteiger partial charge on any atom is 0.261 e. The van der Waals surface area contributed by atoms with Crippen LogP contribution in [0.3, 0.4) is 0 Å². The lowest BCUT2D eigenvalue weighted by molar-refractivity contribution is 0.0374. The molecule has 1 aliphatic heterocycles. The molecule has 1 aliphatic rings. The molecule has 2 amide bonds. The predicted octanol–water partition coefficient (Wildman–Crippen LogP) is 0.299. The maximum atomic E-state index is 11.8. The van der Waals surface area contributed by atoms with Crippen LogP contribution in [-0.4, -0.2) is 56.1 Å². The lowest BCUT2D eigenvalue weighted by Crippen LogP contribution is -2.38. The summed E-state index contributed by atoms with van der Waals surface area (Å²) >= 11 is 1.12. The van der Waals surface area contributed by atoms with E-state index in [9.17, 15) is 9.59 Å². The number of thiophene rings is 1. The van der Waals surface area contributed by atoms with Crippen molar-refractivity contribution in [1.29, 1.82) is 0 Å². The first-order valence-corrected chi connectivity index (χ1v) is 7.46. The summed E-state index contributed by atoms with van der Waals surface area (Å²) in [5, 5.41) is 2.85. The number of morpholine rings is 1. The van der Waals surface area contributed by atoms with E-state index in [2.05, 4.69) is 10.2 Å². The van der Waals surface area contributed by atoms with Crippen LogP contribution in [0.5, 0.6) is 0 Å². The van der Waals surface area contributed by atoms with Crippen molar-refractivity contribution in [1.82, 2.24) is 10.2 Å². The molecule has 2 rings (SSSR count). The Balaban J connectivity index is 1.67. The van der Waals surface area contributed by atoms with Crippen LogP contribution in [0.2, 0.25) is 0 Å². The van der Waals surface area contributed by atoms with Crippen molar-refractivity contribution in [2.45, 2.75) is 6.42 Å². The van der Waals surface area contributed by atoms with Gasteiger partial charge in [-0.15, -0.1) is 11.3 Å². The number of carbonyl (C=O) groups is 2. The third-order valence-corrected chi connectivity index (χ3v) is 4.21. The van der Waals surface area contributed by atoms with E-state index in [1.807, 2.05) is 0 Å². The first kappa shape index (κ1) is 15.0. The minimum atomic E-state index is -0.499. The molecule has 1 fully saturated rings. The molecule has 0 radical (unpaired) electrons. The molecule has 6 nitrogen and oxygen atoms in total. The molecule has 1 aromatic rings. The fourth-order valence-corrected chi connectivity index (χ4v) is 2.78. The predicted molar refractivity (Wildman–Crippen MR) is 77.0 cm³/mol. The Morgan fingerprint density at radius 2 is 2.00 bits per heavy atom. The minimum absolute atomic E-state index is 0.149. The zero-order chi connectivity index (χ0) is 14.4. The Labute approximate surface area is 121 Å². The molecule has 0 unspecified atom stereocenters. The van der Waals surface area contributed by atoms with Gasteiger partial charge in [0.05, 0.1) is 23.0 Å². The van der Waals surface area contributed by atoms with Crippen LogP contribution in [0.25, 0.3) is 0 Å². The summed E-state index contributed by atoms with van der Waals surface area (Å²) in [6, 6.07) is 3.21. The summed E-state index contributed by atoms with van der Waals surface area (Å²) in [4.78, 5) is 26.1. The molecular weight excluding hydrogens is 278 g/mol. The number of amides is 2. The van der Waals surface area contributed by atoms with Crippen LogP contribution in [0.15, 0.2) is 12.1 Å². The molecule has 0 aromatic carbocycles. The van der Waals surface area contributed by atoms with E-state index in [0.717, 1.165) is 50.6 Å². The second-order valence-corrected chi connectivity index (χ2v) is 5.68. The first-order chi connectivity index (χ1) is 9.66. The van der Waals surface area contributed by atoms with Crippen LogP contribution in [0.4, 0.5) is 0 Å². The van der Waals surface area contributed by atoms with Gasteiger partial charge in [-0.2, -0.15) is 0 Å². The van der Waals surface area contributed by atoms with Crippen molar-refractivity contribution >= 4 is 23.2 Å². The fourth-order valence-electron chi connectivity index (χ4n) is 2.01. The number of carbonyl (C=O) groups excluding carboxylic acids is 2. The van der Waals surface area contributed by atoms with Gasteiger partial charge in [0.15, 0.2) is 0 Å². The largest absolute Gasteiger partial charge is 0.379 e. The first-order valence-electron chi connectivity index (χ1n) is 6.65. The minimum Gasteiger partial charge on any atom is -0.379 e. The molecular formula is C13H19N3O3S. The van der Waals surface area contributed by atoms with Crippen molar-refractivity contribution in [2.24, 2.45) is 5.73 Å². The van der Waals surface area contributed by atoms with E-state index >= 15 is 0 Å². The zero-order valence-corrected chi connectivity index (χ0v) is 12.1. The molecule has 3 N–H and O–H groups in total. The second-order valence-electron chi connectivity index (χ2n) is 4.59. The van der Waals surface area contributed by atoms with Gasteiger partial charge in [-0.3, -0.25) is 14.5 Å². The number of rotatable bonds is 6. The molecule has 0 saturated carbocycles. The van der Waals surface area contributed by atoms with Crippen LogP contribution < -0.4 is 11.1 Å². The molecule has 0 spiro atoms. The van der Waals surface area contributed by atoms with Gasteiger partial charge < -0.3 is 15.8 Å². The van der Waals surface area contributed by atoms with Crippen LogP contribution >= 0.6 is 11.3 Å². The highest BCUT2D eigenvalue weighted by atomic mass is 32.1. The molecule has 20 heavy (non-hydrogen) atoms. The van der Waals surface area contributed by atoms with Crippen LogP contribution in [0.1, 0.15) is 25.8 Å². The average molecular weight is 297 g/mol. The molecule has 0 bridgehead atoms. The highest BCUT2D eigenvalue weighted by Crippen LogP contribution is 2.15. The molecule has 2 heterocycles. The number of ether oxygens (including phenoxy) is 1. The topological polar surface area (TPSA) is 84.7 Å². The molecule has 110 valence electrons. The van der Waals surface area contributed by atoms with Crippen molar-refractivity contribution in [3.63, 3.8) is 0 Å². The van der Waals surface area contributed by atoms with Gasteiger partial charge in [-0.1, -0.05) is 0 Å². The summed E-state index contributed by atoms with van der Waals surface area (Å²) in [6.07, 6.45) is 0.903. The van der Waals surface area contributed by atoms with Crippen molar-refractivity contribution < 1.29 is 14.3 Å². The number of hydrogen-bond acceptors (Lipinski definition) is 5. The van der Waals surface area contributed by atoms with Crippen LogP contribution in [0, 0.1) is 0 Å². The third-order valence-electron chi connectivity index (χ3n) is 3.11. The number of nitrogens with one attached hydrogen (secondary N) is 1. The average Bonchev–Trinajstić information content (AvgIpc) is 2.94. The number of nitrogens with zero attached hydrogens (tertiary/aromatic N) is 1. The fraction of sp³-hybridized carbons (Fsp3) is 0.538. The van der Waals surface area contributed by atoms with Crippen LogP contribution in [-0.2, 0) is 4.74 Å². The second kappa shape index (κ2) is 7.37. The van der Waals surface area contributed by atoms with Gasteiger partial charge in [0.25, 0.3) is 11.8 Å². The summed E-state index contributed by atoms with van der Waals surface area (Å²) in [5.74, 6) is -0.647. The SMILES string of the molecule is NC(=O)c1ccc(C(=O)NCCCN2CCOCC2)s1. The lowest BCUT2D eigenvalue weighted by atomic mass is 10.3. The van der Waals surface area contributed by atoms with Gasteiger partial charge >= 0.3 is 0 Å². The van der Waals surface area contributed by atoms with E-state index in [1.54, 1.807) is 12.1 Å². The number of nitrogens with two attached hydrogens (primary N) is 1. The smallest absolute Gasteiger partial charge is 0.261 e. The Hall–Kier alpha value is -1.44. The summed E-state index contributed by atoms with van der Waals surface area (Å²) in [5.41, 5.74) is 5.16. The van der Waals surface area contributed by atoms with Gasteiger partial charge in [-0.25, -0.2) is 0 Å². The zero-order valence-electron chi connectivity index (χ0n) is 11.3. The number of primary amides is 1. The molecule has 0 aliphatic carbocycles. The Morgan fingerprint density at radius 1 is 1.30 bits per heavy atom. The van der Waals surface area contributed by atoms with E-state index in [0.29, 0.717) is 16.3 Å². The van der Waals surface area contributed by atoms with E-state index in [-0.39, 0.29) is 5.91 Å². The Morgan fingerprint density at radius 3 is 2.65 bits per heavy atom.